The van der Waals surface area contributed by atoms with E-state index in [9.17, 15) is 0 Å². The average molecular weight is 730 g/mol. The summed E-state index contributed by atoms with van der Waals surface area (Å²) >= 11 is 0. The Morgan fingerprint density at radius 3 is 2.26 bits per heavy atom. The molecule has 0 fully saturated rings. The Hall–Kier alpha value is -4.47. The van der Waals surface area contributed by atoms with E-state index in [4.69, 9.17) is 9.72 Å². The topological polar surface area (TPSA) is 44.9 Å². The van der Waals surface area contributed by atoms with Gasteiger partial charge in [-0.1, -0.05) is 75.4 Å². The number of aromatic nitrogens is 4. The number of benzene rings is 4. The fraction of sp³-hybridized carbons (Fsp3) is 0.111. The van der Waals surface area contributed by atoms with Gasteiger partial charge in [0.15, 0.2) is 0 Å². The molecule has 0 spiro atoms. The predicted octanol–water partition coefficient (Wildman–Crippen LogP) is 9.12. The molecule has 4 aromatic carbocycles. The van der Waals surface area contributed by atoms with Crippen molar-refractivity contribution < 1.29 is 25.8 Å². The summed E-state index contributed by atoms with van der Waals surface area (Å²) in [7, 11) is 0. The van der Waals surface area contributed by atoms with Crippen LogP contribution in [0.3, 0.4) is 0 Å². The summed E-state index contributed by atoms with van der Waals surface area (Å²) < 4.78 is 10.5. The molecule has 0 aliphatic heterocycles. The Labute approximate surface area is 259 Å². The van der Waals surface area contributed by atoms with Crippen molar-refractivity contribution in [3.05, 3.63) is 133 Å². The number of fused-ring (bicyclic) bond motifs is 3. The van der Waals surface area contributed by atoms with Gasteiger partial charge in [0.1, 0.15) is 17.3 Å². The molecular formula is C36H30N4OPt. The van der Waals surface area contributed by atoms with Crippen molar-refractivity contribution in [3.8, 4) is 34.1 Å². The van der Waals surface area contributed by atoms with Crippen LogP contribution < -0.4 is 4.74 Å². The second-order valence-electron chi connectivity index (χ2n) is 11.3. The van der Waals surface area contributed by atoms with Gasteiger partial charge in [0, 0.05) is 61.9 Å². The third-order valence-corrected chi connectivity index (χ3v) is 7.49. The van der Waals surface area contributed by atoms with Gasteiger partial charge in [0.2, 0.25) is 0 Å². The van der Waals surface area contributed by atoms with Gasteiger partial charge in [-0.2, -0.15) is 5.10 Å². The van der Waals surface area contributed by atoms with Crippen LogP contribution in [0.4, 0.5) is 0 Å². The van der Waals surface area contributed by atoms with Crippen LogP contribution in [0.2, 0.25) is 0 Å². The maximum Gasteiger partial charge on any atom is 0.137 e. The summed E-state index contributed by atoms with van der Waals surface area (Å²) in [6.45, 7) is 6.68. The van der Waals surface area contributed by atoms with Crippen molar-refractivity contribution in [3.63, 3.8) is 0 Å². The molecule has 0 aliphatic rings. The van der Waals surface area contributed by atoms with E-state index < -0.39 is 0 Å². The SMILES string of the molecule is CC(C)(C)c1ccnc(-n2c3ccccc3c3ccc(Oc4cccc(-n5cc(-c6ccccc6)cn5)c4)cc32)c1.[Pt]. The van der Waals surface area contributed by atoms with Crippen molar-refractivity contribution in [1.82, 2.24) is 19.3 Å². The van der Waals surface area contributed by atoms with E-state index >= 15 is 0 Å². The molecule has 0 bridgehead atoms. The van der Waals surface area contributed by atoms with E-state index in [0.717, 1.165) is 50.6 Å². The molecule has 3 heterocycles. The Kier molecular flexibility index (Phi) is 7.30. The summed E-state index contributed by atoms with van der Waals surface area (Å²) in [6.07, 6.45) is 5.83. The first-order valence-electron chi connectivity index (χ1n) is 13.8. The van der Waals surface area contributed by atoms with Crippen LogP contribution in [-0.4, -0.2) is 19.3 Å². The van der Waals surface area contributed by atoms with Crippen LogP contribution in [-0.2, 0) is 26.5 Å². The molecule has 0 unspecified atom stereocenters. The number of pyridine rings is 1. The zero-order valence-corrected chi connectivity index (χ0v) is 25.9. The van der Waals surface area contributed by atoms with Crippen LogP contribution in [0.5, 0.6) is 11.5 Å². The second kappa shape index (κ2) is 11.1. The van der Waals surface area contributed by atoms with Crippen LogP contribution in [0.15, 0.2) is 128 Å². The Morgan fingerprint density at radius 1 is 0.667 bits per heavy atom. The van der Waals surface area contributed by atoms with E-state index in [1.54, 1.807) is 0 Å². The van der Waals surface area contributed by atoms with Crippen LogP contribution in [0.25, 0.3) is 44.4 Å². The molecule has 210 valence electrons. The third-order valence-electron chi connectivity index (χ3n) is 7.49. The van der Waals surface area contributed by atoms with Gasteiger partial charge in [0.25, 0.3) is 0 Å². The van der Waals surface area contributed by atoms with E-state index in [-0.39, 0.29) is 26.5 Å². The number of para-hydroxylation sites is 1. The largest absolute Gasteiger partial charge is 0.457 e. The predicted molar refractivity (Wildman–Crippen MR) is 166 cm³/mol. The number of nitrogens with zero attached hydrogens (tertiary/aromatic N) is 4. The van der Waals surface area contributed by atoms with Gasteiger partial charge < -0.3 is 4.74 Å². The summed E-state index contributed by atoms with van der Waals surface area (Å²) in [5, 5.41) is 6.95. The molecule has 0 saturated carbocycles. The van der Waals surface area contributed by atoms with Crippen LogP contribution in [0, 0.1) is 0 Å². The Morgan fingerprint density at radius 2 is 1.43 bits per heavy atom. The number of rotatable bonds is 5. The van der Waals surface area contributed by atoms with E-state index in [2.05, 4.69) is 91.1 Å². The standard InChI is InChI=1S/C36H30N4O.Pt/c1-36(2,3)27-18-19-37-35(20-27)40-33-15-8-7-14-31(33)32-17-16-30(22-34(32)40)41-29-13-9-12-28(21-29)39-24-26(23-38-39)25-10-5-4-6-11-25;/h4-24H,1-3H3;. The molecule has 0 N–H and O–H groups in total. The van der Waals surface area contributed by atoms with E-state index in [1.807, 2.05) is 71.8 Å². The number of ether oxygens (including phenoxy) is 1. The van der Waals surface area contributed by atoms with Gasteiger partial charge in [-0.25, -0.2) is 9.67 Å². The van der Waals surface area contributed by atoms with Crippen molar-refractivity contribution in [2.24, 2.45) is 0 Å². The Balaban J connectivity index is 0.00000316. The molecular weight excluding hydrogens is 700 g/mol. The fourth-order valence-electron chi connectivity index (χ4n) is 5.34. The normalized spacial score (nSPS) is 11.5. The molecule has 7 aromatic rings. The summed E-state index contributed by atoms with van der Waals surface area (Å²) in [4.78, 5) is 4.79. The molecule has 0 aliphatic carbocycles. The van der Waals surface area contributed by atoms with Crippen molar-refractivity contribution in [1.29, 1.82) is 0 Å². The van der Waals surface area contributed by atoms with Crippen molar-refractivity contribution in [2.75, 3.05) is 0 Å². The zero-order valence-electron chi connectivity index (χ0n) is 23.6. The minimum Gasteiger partial charge on any atom is -0.457 e. The number of hydrogen-bond donors (Lipinski definition) is 0. The first-order valence-corrected chi connectivity index (χ1v) is 13.8. The molecule has 5 nitrogen and oxygen atoms in total. The molecule has 0 saturated heterocycles. The van der Waals surface area contributed by atoms with E-state index in [0.29, 0.717) is 0 Å². The average Bonchev–Trinajstić information content (AvgIpc) is 3.61. The molecule has 0 radical (unpaired) electrons. The maximum atomic E-state index is 6.43. The zero-order chi connectivity index (χ0) is 28.0. The van der Waals surface area contributed by atoms with Gasteiger partial charge in [-0.05, 0) is 59.0 Å². The van der Waals surface area contributed by atoms with Gasteiger partial charge in [-0.15, -0.1) is 0 Å². The molecule has 0 amide bonds. The monoisotopic (exact) mass is 729 g/mol. The van der Waals surface area contributed by atoms with Crippen molar-refractivity contribution >= 4 is 21.8 Å². The number of hydrogen-bond acceptors (Lipinski definition) is 3. The summed E-state index contributed by atoms with van der Waals surface area (Å²) in [5.41, 5.74) is 6.57. The van der Waals surface area contributed by atoms with Crippen LogP contribution in [0.1, 0.15) is 26.3 Å². The second-order valence-corrected chi connectivity index (χ2v) is 11.3. The maximum absolute atomic E-state index is 6.43. The molecule has 6 heteroatoms. The van der Waals surface area contributed by atoms with Crippen molar-refractivity contribution in [2.45, 2.75) is 26.2 Å². The van der Waals surface area contributed by atoms with Crippen LogP contribution >= 0.6 is 0 Å². The minimum absolute atomic E-state index is 0. The summed E-state index contributed by atoms with van der Waals surface area (Å²) in [6, 6.07) is 37.3. The van der Waals surface area contributed by atoms with Gasteiger partial charge in [-0.3, -0.25) is 4.57 Å². The smallest absolute Gasteiger partial charge is 0.137 e. The van der Waals surface area contributed by atoms with Gasteiger partial charge >= 0.3 is 0 Å². The Bertz CT molecular complexity index is 2020. The molecule has 7 rings (SSSR count). The van der Waals surface area contributed by atoms with Gasteiger partial charge in [0.05, 0.1) is 22.9 Å². The fourth-order valence-corrected chi connectivity index (χ4v) is 5.34. The summed E-state index contributed by atoms with van der Waals surface area (Å²) in [5.74, 6) is 2.40. The molecule has 3 aromatic heterocycles. The quantitative estimate of drug-likeness (QED) is 0.178. The first kappa shape index (κ1) is 27.7. The third kappa shape index (κ3) is 5.17. The van der Waals surface area contributed by atoms with E-state index in [1.165, 1.54) is 10.9 Å². The molecule has 0 atom stereocenters. The minimum atomic E-state index is 0. The first-order chi connectivity index (χ1) is 19.9. The molecule has 42 heavy (non-hydrogen) atoms.